The first kappa shape index (κ1) is 24.2. The lowest BCUT2D eigenvalue weighted by molar-refractivity contribution is -0.137. The Bertz CT molecular complexity index is 1280. The number of halogens is 1. The van der Waals surface area contributed by atoms with Gasteiger partial charge in [-0.15, -0.1) is 0 Å². The molecule has 4 rings (SSSR count). The van der Waals surface area contributed by atoms with Crippen LogP contribution in [0.3, 0.4) is 0 Å². The summed E-state index contributed by atoms with van der Waals surface area (Å²) in [6.45, 7) is 0.913. The number of rotatable bonds is 9. The minimum Gasteiger partial charge on any atom is -0.481 e. The van der Waals surface area contributed by atoms with Crippen LogP contribution < -0.4 is 10.6 Å². The van der Waals surface area contributed by atoms with Gasteiger partial charge in [0.2, 0.25) is 0 Å². The van der Waals surface area contributed by atoms with Crippen LogP contribution in [0.1, 0.15) is 28.7 Å². The lowest BCUT2D eigenvalue weighted by atomic mass is 9.98. The molecule has 0 saturated carbocycles. The molecule has 3 aromatic rings. The second-order valence-electron chi connectivity index (χ2n) is 8.86. The molecular formula is C28H28FN3O3. The first-order valence-electron chi connectivity index (χ1n) is 11.5. The first-order valence-corrected chi connectivity index (χ1v) is 11.5. The highest BCUT2D eigenvalue weighted by Gasteiger charge is 2.29. The molecule has 0 aromatic heterocycles. The Hall–Kier alpha value is -3.97. The molecule has 3 N–H and O–H groups in total. The largest absolute Gasteiger partial charge is 0.481 e. The number of nitrogens with one attached hydrogen (secondary N) is 2. The Labute approximate surface area is 204 Å². The molecule has 0 fully saturated rings. The Morgan fingerprint density at radius 2 is 1.77 bits per heavy atom. The average molecular weight is 474 g/mol. The van der Waals surface area contributed by atoms with Gasteiger partial charge in [0.05, 0.1) is 17.0 Å². The van der Waals surface area contributed by atoms with Gasteiger partial charge in [0, 0.05) is 24.2 Å². The van der Waals surface area contributed by atoms with Gasteiger partial charge in [-0.3, -0.25) is 9.59 Å². The Morgan fingerprint density at radius 1 is 1.00 bits per heavy atom. The number of nitrogens with zero attached hydrogens (tertiary/aromatic N) is 1. The summed E-state index contributed by atoms with van der Waals surface area (Å²) >= 11 is 0. The van der Waals surface area contributed by atoms with Gasteiger partial charge in [0.1, 0.15) is 5.82 Å². The van der Waals surface area contributed by atoms with E-state index < -0.39 is 11.8 Å². The second-order valence-corrected chi connectivity index (χ2v) is 8.86. The average Bonchev–Trinajstić information content (AvgIpc) is 3.15. The van der Waals surface area contributed by atoms with Crippen molar-refractivity contribution in [3.05, 3.63) is 94.8 Å². The van der Waals surface area contributed by atoms with Crippen LogP contribution in [0.2, 0.25) is 0 Å². The molecule has 0 spiro atoms. The van der Waals surface area contributed by atoms with Gasteiger partial charge in [-0.2, -0.15) is 0 Å². The maximum Gasteiger partial charge on any atom is 0.303 e. The minimum atomic E-state index is -0.848. The molecule has 1 aliphatic rings. The lowest BCUT2D eigenvalue weighted by Gasteiger charge is -2.16. The van der Waals surface area contributed by atoms with E-state index in [2.05, 4.69) is 27.7 Å². The van der Waals surface area contributed by atoms with E-state index in [1.54, 1.807) is 6.07 Å². The molecule has 7 heteroatoms. The molecule has 35 heavy (non-hydrogen) atoms. The lowest BCUT2D eigenvalue weighted by Crippen LogP contribution is -2.15. The monoisotopic (exact) mass is 473 g/mol. The highest BCUT2D eigenvalue weighted by Crippen LogP contribution is 2.38. The summed E-state index contributed by atoms with van der Waals surface area (Å²) in [5, 5.41) is 15.2. The summed E-state index contributed by atoms with van der Waals surface area (Å²) in [6, 6.07) is 19.8. The van der Waals surface area contributed by atoms with E-state index in [0.717, 1.165) is 35.3 Å². The van der Waals surface area contributed by atoms with E-state index in [-0.39, 0.29) is 12.3 Å². The fourth-order valence-corrected chi connectivity index (χ4v) is 4.06. The third kappa shape index (κ3) is 5.94. The zero-order valence-corrected chi connectivity index (χ0v) is 19.8. The highest BCUT2D eigenvalue weighted by molar-refractivity contribution is 6.37. The van der Waals surface area contributed by atoms with Gasteiger partial charge in [0.15, 0.2) is 0 Å². The number of aliphatic carboxylic acids is 1. The SMILES string of the molecule is CN(C)CCc1cccc(NC(=C2C(=O)Nc3cc(F)ccc32)c2ccc(CCC(=O)O)cc2)c1. The zero-order valence-electron chi connectivity index (χ0n) is 19.8. The summed E-state index contributed by atoms with van der Waals surface area (Å²) in [5.74, 6) is -1.58. The zero-order chi connectivity index (χ0) is 24.9. The molecule has 0 radical (unpaired) electrons. The highest BCUT2D eigenvalue weighted by atomic mass is 19.1. The molecule has 3 aromatic carbocycles. The van der Waals surface area contributed by atoms with Crippen molar-refractivity contribution in [1.29, 1.82) is 0 Å². The van der Waals surface area contributed by atoms with E-state index in [1.807, 2.05) is 50.5 Å². The molecular weight excluding hydrogens is 445 g/mol. The molecule has 0 bridgehead atoms. The smallest absolute Gasteiger partial charge is 0.303 e. The van der Waals surface area contributed by atoms with E-state index in [1.165, 1.54) is 12.1 Å². The van der Waals surface area contributed by atoms with Crippen molar-refractivity contribution >= 4 is 34.5 Å². The number of carboxylic acids is 1. The number of benzene rings is 3. The summed E-state index contributed by atoms with van der Waals surface area (Å²) in [5.41, 5.74) is 5.74. The van der Waals surface area contributed by atoms with Gasteiger partial charge < -0.3 is 20.6 Å². The van der Waals surface area contributed by atoms with E-state index in [4.69, 9.17) is 5.11 Å². The summed E-state index contributed by atoms with van der Waals surface area (Å²) in [4.78, 5) is 26.1. The van der Waals surface area contributed by atoms with Gasteiger partial charge in [-0.25, -0.2) is 4.39 Å². The van der Waals surface area contributed by atoms with E-state index in [0.29, 0.717) is 28.9 Å². The van der Waals surface area contributed by atoms with Crippen molar-refractivity contribution in [1.82, 2.24) is 4.90 Å². The Morgan fingerprint density at radius 3 is 2.49 bits per heavy atom. The summed E-state index contributed by atoms with van der Waals surface area (Å²) in [7, 11) is 4.06. The molecule has 1 heterocycles. The number of anilines is 2. The van der Waals surface area contributed by atoms with Crippen molar-refractivity contribution < 1.29 is 19.1 Å². The molecule has 180 valence electrons. The molecule has 6 nitrogen and oxygen atoms in total. The minimum absolute atomic E-state index is 0.0482. The normalized spacial score (nSPS) is 14.0. The van der Waals surface area contributed by atoms with Gasteiger partial charge in [-0.1, -0.05) is 36.4 Å². The molecule has 0 atom stereocenters. The number of carbonyl (C=O) groups excluding carboxylic acids is 1. The molecule has 0 unspecified atom stereocenters. The van der Waals surface area contributed by atoms with Crippen LogP contribution in [0.15, 0.2) is 66.7 Å². The van der Waals surface area contributed by atoms with Crippen LogP contribution in [0, 0.1) is 5.82 Å². The van der Waals surface area contributed by atoms with Crippen LogP contribution in [0.5, 0.6) is 0 Å². The molecule has 1 aliphatic heterocycles. The predicted molar refractivity (Wildman–Crippen MR) is 137 cm³/mol. The second kappa shape index (κ2) is 10.5. The number of hydrogen-bond acceptors (Lipinski definition) is 4. The maximum absolute atomic E-state index is 13.8. The van der Waals surface area contributed by atoms with Crippen molar-refractivity contribution in [2.75, 3.05) is 31.3 Å². The standard InChI is InChI=1S/C28H28FN3O3/c1-32(2)15-14-19-4-3-5-22(16-19)30-27(20-9-6-18(7-10-20)8-13-25(33)34)26-23-12-11-21(29)17-24(23)31-28(26)35/h3-7,9-12,16-17,30H,8,13-15H2,1-2H3,(H,31,35)(H,33,34). The fraction of sp³-hybridized carbons (Fsp3) is 0.214. The van der Waals surface area contributed by atoms with Crippen LogP contribution in [-0.4, -0.2) is 42.5 Å². The predicted octanol–water partition coefficient (Wildman–Crippen LogP) is 4.88. The topological polar surface area (TPSA) is 81.7 Å². The number of hydrogen-bond donors (Lipinski definition) is 3. The number of amides is 1. The van der Waals surface area contributed by atoms with Crippen molar-refractivity contribution in [3.8, 4) is 0 Å². The van der Waals surface area contributed by atoms with Crippen LogP contribution in [0.25, 0.3) is 11.3 Å². The Kier molecular flexibility index (Phi) is 7.27. The van der Waals surface area contributed by atoms with E-state index in [9.17, 15) is 14.0 Å². The molecule has 1 amide bonds. The Balaban J connectivity index is 1.74. The molecule has 0 aliphatic carbocycles. The third-order valence-corrected chi connectivity index (χ3v) is 5.89. The van der Waals surface area contributed by atoms with Crippen LogP contribution >= 0.6 is 0 Å². The number of carboxylic acid groups (broad SMARTS) is 1. The summed E-state index contributed by atoms with van der Waals surface area (Å²) in [6.07, 6.45) is 1.35. The van der Waals surface area contributed by atoms with Crippen molar-refractivity contribution in [2.24, 2.45) is 0 Å². The maximum atomic E-state index is 13.8. The number of likely N-dealkylation sites (N-methyl/N-ethyl adjacent to an activating group) is 1. The van der Waals surface area contributed by atoms with Gasteiger partial charge in [-0.05, 0) is 74.0 Å². The fourth-order valence-electron chi connectivity index (χ4n) is 4.06. The summed E-state index contributed by atoms with van der Waals surface area (Å²) < 4.78 is 13.8. The van der Waals surface area contributed by atoms with Gasteiger partial charge in [0.25, 0.3) is 5.91 Å². The van der Waals surface area contributed by atoms with Crippen molar-refractivity contribution in [2.45, 2.75) is 19.3 Å². The quantitative estimate of drug-likeness (QED) is 0.386. The molecule has 0 saturated heterocycles. The van der Waals surface area contributed by atoms with Crippen LogP contribution in [-0.2, 0) is 22.4 Å². The number of fused-ring (bicyclic) bond motifs is 1. The number of carbonyl (C=O) groups is 2. The first-order chi connectivity index (χ1) is 16.8. The number of aryl methyl sites for hydroxylation is 1. The third-order valence-electron chi connectivity index (χ3n) is 5.89. The van der Waals surface area contributed by atoms with Gasteiger partial charge >= 0.3 is 5.97 Å². The van der Waals surface area contributed by atoms with Crippen LogP contribution in [0.4, 0.5) is 15.8 Å². The van der Waals surface area contributed by atoms with Crippen molar-refractivity contribution in [3.63, 3.8) is 0 Å². The van der Waals surface area contributed by atoms with E-state index >= 15 is 0 Å².